The van der Waals surface area contributed by atoms with E-state index >= 15 is 0 Å². The molecule has 0 radical (unpaired) electrons. The fraction of sp³-hybridized carbons (Fsp3) is 0.400. The van der Waals surface area contributed by atoms with Gasteiger partial charge in [-0.3, -0.25) is 0 Å². The van der Waals surface area contributed by atoms with E-state index in [0.29, 0.717) is 6.61 Å². The van der Waals surface area contributed by atoms with Crippen molar-refractivity contribution in [3.8, 4) is 11.5 Å². The number of rotatable bonds is 4. The lowest BCUT2D eigenvalue weighted by Gasteiger charge is -2.10. The molecule has 0 unspecified atom stereocenters. The summed E-state index contributed by atoms with van der Waals surface area (Å²) >= 11 is 0. The highest BCUT2D eigenvalue weighted by Gasteiger charge is 2.03. The first-order valence-corrected chi connectivity index (χ1v) is 4.30. The normalized spacial score (nSPS) is 9.46. The highest BCUT2D eigenvalue weighted by Crippen LogP contribution is 2.29. The number of methoxy groups -OCH3 is 1. The minimum atomic E-state index is 0.642. The molecule has 1 N–H and O–H groups in total. The van der Waals surface area contributed by atoms with Crippen LogP contribution in [0.5, 0.6) is 11.5 Å². The van der Waals surface area contributed by atoms with E-state index < -0.39 is 0 Å². The van der Waals surface area contributed by atoms with Crippen LogP contribution in [0.25, 0.3) is 0 Å². The molecule has 0 heterocycles. The molecule has 3 nitrogen and oxygen atoms in total. The number of anilines is 1. The molecule has 1 rings (SSSR count). The molecule has 0 fully saturated rings. The molecule has 0 aliphatic heterocycles. The van der Waals surface area contributed by atoms with Gasteiger partial charge in [0.2, 0.25) is 0 Å². The van der Waals surface area contributed by atoms with E-state index in [1.165, 1.54) is 0 Å². The number of ether oxygens (including phenoxy) is 2. The Morgan fingerprint density at radius 1 is 1.31 bits per heavy atom. The van der Waals surface area contributed by atoms with Gasteiger partial charge in [-0.05, 0) is 19.1 Å². The molecule has 1 aromatic carbocycles. The van der Waals surface area contributed by atoms with Gasteiger partial charge in [0.05, 0.1) is 13.7 Å². The second-order valence-corrected chi connectivity index (χ2v) is 2.55. The van der Waals surface area contributed by atoms with Crippen molar-refractivity contribution < 1.29 is 9.47 Å². The molecule has 0 spiro atoms. The summed E-state index contributed by atoms with van der Waals surface area (Å²) in [4.78, 5) is 0. The van der Waals surface area contributed by atoms with Crippen molar-refractivity contribution >= 4 is 5.69 Å². The van der Waals surface area contributed by atoms with Crippen molar-refractivity contribution in [2.45, 2.75) is 6.92 Å². The summed E-state index contributed by atoms with van der Waals surface area (Å²) in [5.41, 5.74) is 1.02. The van der Waals surface area contributed by atoms with Gasteiger partial charge in [0.25, 0.3) is 0 Å². The molecule has 3 heteroatoms. The molecule has 0 atom stereocenters. The summed E-state index contributed by atoms with van der Waals surface area (Å²) in [6.07, 6.45) is 0. The third kappa shape index (κ3) is 2.28. The Morgan fingerprint density at radius 3 is 2.62 bits per heavy atom. The number of hydrogen-bond acceptors (Lipinski definition) is 3. The molecule has 0 saturated heterocycles. The molecule has 0 amide bonds. The van der Waals surface area contributed by atoms with E-state index in [2.05, 4.69) is 5.32 Å². The Labute approximate surface area is 78.7 Å². The van der Waals surface area contributed by atoms with Gasteiger partial charge in [0.1, 0.15) is 0 Å². The Bertz CT molecular complexity index is 274. The summed E-state index contributed by atoms with van der Waals surface area (Å²) < 4.78 is 10.5. The van der Waals surface area contributed by atoms with Crippen LogP contribution in [0.2, 0.25) is 0 Å². The van der Waals surface area contributed by atoms with Gasteiger partial charge >= 0.3 is 0 Å². The predicted octanol–water partition coefficient (Wildman–Crippen LogP) is 2.14. The molecule has 0 saturated carbocycles. The zero-order valence-corrected chi connectivity index (χ0v) is 8.26. The molecule has 0 bridgehead atoms. The molecule has 0 aliphatic carbocycles. The summed E-state index contributed by atoms with van der Waals surface area (Å²) in [6.45, 7) is 2.59. The second-order valence-electron chi connectivity index (χ2n) is 2.55. The van der Waals surface area contributed by atoms with Gasteiger partial charge in [-0.15, -0.1) is 0 Å². The molecule has 0 aliphatic rings. The summed E-state index contributed by atoms with van der Waals surface area (Å²) in [7, 11) is 3.51. The van der Waals surface area contributed by atoms with E-state index in [4.69, 9.17) is 9.47 Å². The maximum Gasteiger partial charge on any atom is 0.163 e. The quantitative estimate of drug-likeness (QED) is 0.771. The van der Waals surface area contributed by atoms with Crippen molar-refractivity contribution in [2.24, 2.45) is 0 Å². The van der Waals surface area contributed by atoms with E-state index in [-0.39, 0.29) is 0 Å². The van der Waals surface area contributed by atoms with Crippen molar-refractivity contribution in [3.63, 3.8) is 0 Å². The highest BCUT2D eigenvalue weighted by molar-refractivity contribution is 5.54. The van der Waals surface area contributed by atoms with Gasteiger partial charge in [-0.2, -0.15) is 0 Å². The largest absolute Gasteiger partial charge is 0.493 e. The van der Waals surface area contributed by atoms with E-state index in [1.54, 1.807) is 7.11 Å². The van der Waals surface area contributed by atoms with Crippen LogP contribution in [0.3, 0.4) is 0 Å². The minimum Gasteiger partial charge on any atom is -0.493 e. The maximum atomic E-state index is 5.41. The standard InChI is InChI=1S/C10H15NO2/c1-4-13-10-7-8(11-2)5-6-9(10)12-3/h5-7,11H,4H2,1-3H3. The lowest BCUT2D eigenvalue weighted by atomic mass is 10.3. The van der Waals surface area contributed by atoms with Crippen LogP contribution >= 0.6 is 0 Å². The topological polar surface area (TPSA) is 30.5 Å². The Kier molecular flexibility index (Phi) is 3.43. The van der Waals surface area contributed by atoms with Gasteiger partial charge in [0, 0.05) is 18.8 Å². The van der Waals surface area contributed by atoms with Gasteiger partial charge < -0.3 is 14.8 Å². The molecule has 13 heavy (non-hydrogen) atoms. The van der Waals surface area contributed by atoms with Crippen molar-refractivity contribution in [2.75, 3.05) is 26.1 Å². The van der Waals surface area contributed by atoms with Crippen LogP contribution in [0.4, 0.5) is 5.69 Å². The molecule has 1 aromatic rings. The van der Waals surface area contributed by atoms with Crippen LogP contribution in [0, 0.1) is 0 Å². The minimum absolute atomic E-state index is 0.642. The Morgan fingerprint density at radius 2 is 2.08 bits per heavy atom. The summed E-state index contributed by atoms with van der Waals surface area (Å²) in [5.74, 6) is 1.54. The first-order valence-electron chi connectivity index (χ1n) is 4.30. The number of hydrogen-bond donors (Lipinski definition) is 1. The summed E-state index contributed by atoms with van der Waals surface area (Å²) in [5, 5.41) is 3.04. The molecular formula is C10H15NO2. The molecule has 0 aromatic heterocycles. The fourth-order valence-corrected chi connectivity index (χ4v) is 1.10. The number of nitrogens with one attached hydrogen (secondary N) is 1. The van der Waals surface area contributed by atoms with Crippen molar-refractivity contribution in [1.29, 1.82) is 0 Å². The van der Waals surface area contributed by atoms with Gasteiger partial charge in [-0.1, -0.05) is 0 Å². The maximum absolute atomic E-state index is 5.41. The smallest absolute Gasteiger partial charge is 0.163 e. The third-order valence-corrected chi connectivity index (χ3v) is 1.75. The summed E-state index contributed by atoms with van der Waals surface area (Å²) in [6, 6.07) is 5.75. The van der Waals surface area contributed by atoms with Crippen LogP contribution < -0.4 is 14.8 Å². The van der Waals surface area contributed by atoms with Crippen LogP contribution in [0.15, 0.2) is 18.2 Å². The Hall–Kier alpha value is -1.38. The molecule has 72 valence electrons. The van der Waals surface area contributed by atoms with Crippen LogP contribution in [0.1, 0.15) is 6.92 Å². The van der Waals surface area contributed by atoms with E-state index in [1.807, 2.05) is 32.2 Å². The van der Waals surface area contributed by atoms with E-state index in [0.717, 1.165) is 17.2 Å². The number of benzene rings is 1. The SMILES string of the molecule is CCOc1cc(NC)ccc1OC. The van der Waals surface area contributed by atoms with Crippen LogP contribution in [-0.4, -0.2) is 20.8 Å². The highest BCUT2D eigenvalue weighted by atomic mass is 16.5. The van der Waals surface area contributed by atoms with E-state index in [9.17, 15) is 0 Å². The predicted molar refractivity (Wildman–Crippen MR) is 53.7 cm³/mol. The monoisotopic (exact) mass is 181 g/mol. The average Bonchev–Trinajstić information content (AvgIpc) is 2.18. The first kappa shape index (κ1) is 9.71. The Balaban J connectivity index is 2.95. The molecular weight excluding hydrogens is 166 g/mol. The van der Waals surface area contributed by atoms with Gasteiger partial charge in [0.15, 0.2) is 11.5 Å². The fourth-order valence-electron chi connectivity index (χ4n) is 1.10. The second kappa shape index (κ2) is 4.60. The van der Waals surface area contributed by atoms with Crippen LogP contribution in [-0.2, 0) is 0 Å². The zero-order chi connectivity index (χ0) is 9.68. The lowest BCUT2D eigenvalue weighted by Crippen LogP contribution is -1.96. The van der Waals surface area contributed by atoms with Gasteiger partial charge in [-0.25, -0.2) is 0 Å². The average molecular weight is 181 g/mol. The van der Waals surface area contributed by atoms with Crippen molar-refractivity contribution in [1.82, 2.24) is 0 Å². The third-order valence-electron chi connectivity index (χ3n) is 1.75. The lowest BCUT2D eigenvalue weighted by molar-refractivity contribution is 0.311. The zero-order valence-electron chi connectivity index (χ0n) is 8.26. The first-order chi connectivity index (χ1) is 6.31. The van der Waals surface area contributed by atoms with Crippen molar-refractivity contribution in [3.05, 3.63) is 18.2 Å².